The van der Waals surface area contributed by atoms with E-state index in [1.165, 1.54) is 0 Å². The molecule has 1 aromatic carbocycles. The predicted octanol–water partition coefficient (Wildman–Crippen LogP) is 3.41. The molecule has 3 heterocycles. The molecule has 0 saturated carbocycles. The molecule has 2 saturated heterocycles. The van der Waals surface area contributed by atoms with Gasteiger partial charge in [0.05, 0.1) is 5.92 Å². The number of hydrogen-bond donors (Lipinski definition) is 0. The van der Waals surface area contributed by atoms with Crippen LogP contribution < -0.4 is 4.90 Å². The van der Waals surface area contributed by atoms with Gasteiger partial charge in [-0.15, -0.1) is 0 Å². The fourth-order valence-corrected chi connectivity index (χ4v) is 4.69. The molecule has 2 aliphatic heterocycles. The molecule has 2 aliphatic rings. The summed E-state index contributed by atoms with van der Waals surface area (Å²) in [5.41, 5.74) is 2.38. The molecule has 1 unspecified atom stereocenters. The Bertz CT molecular complexity index is 799. The Morgan fingerprint density at radius 2 is 1.89 bits per heavy atom. The van der Waals surface area contributed by atoms with Crippen molar-refractivity contribution < 1.29 is 4.79 Å². The van der Waals surface area contributed by atoms with E-state index < -0.39 is 0 Å². The van der Waals surface area contributed by atoms with Crippen LogP contribution in [0.1, 0.15) is 43.4 Å². The minimum atomic E-state index is -0.00672. The molecule has 1 spiro atoms. The van der Waals surface area contributed by atoms with E-state index in [2.05, 4.69) is 44.9 Å². The molecule has 4 rings (SSSR count). The van der Waals surface area contributed by atoms with Gasteiger partial charge in [0, 0.05) is 37.9 Å². The third kappa shape index (κ3) is 3.55. The third-order valence-electron chi connectivity index (χ3n) is 6.29. The van der Waals surface area contributed by atoms with Gasteiger partial charge >= 0.3 is 0 Å². The van der Waals surface area contributed by atoms with Crippen molar-refractivity contribution in [3.63, 3.8) is 0 Å². The number of aromatic nitrogens is 2. The van der Waals surface area contributed by atoms with E-state index in [4.69, 9.17) is 0 Å². The topological polar surface area (TPSA) is 49.3 Å². The van der Waals surface area contributed by atoms with Gasteiger partial charge in [-0.05, 0) is 44.1 Å². The lowest BCUT2D eigenvalue weighted by Crippen LogP contribution is -2.54. The number of nitrogens with zero attached hydrogens (tertiary/aromatic N) is 4. The van der Waals surface area contributed by atoms with E-state index in [0.717, 1.165) is 62.5 Å². The molecule has 0 N–H and O–H groups in total. The van der Waals surface area contributed by atoms with Gasteiger partial charge in [0.15, 0.2) is 0 Å². The molecule has 0 aliphatic carbocycles. The summed E-state index contributed by atoms with van der Waals surface area (Å²) in [4.78, 5) is 26.1. The van der Waals surface area contributed by atoms with Crippen LogP contribution in [0.15, 0.2) is 42.7 Å². The van der Waals surface area contributed by atoms with Crippen molar-refractivity contribution in [3.8, 4) is 0 Å². The standard InChI is InChI=1S/C22H28N4O/c1-3-25-15-22(14-19(21(25)27)18-7-5-4-6-8-18)9-11-26(12-10-22)20-13-17(2)23-16-24-20/h4-8,13,16,19H,3,9-12,14-15H2,1-2H3. The zero-order valence-corrected chi connectivity index (χ0v) is 16.3. The molecule has 142 valence electrons. The minimum absolute atomic E-state index is 0.00672. The largest absolute Gasteiger partial charge is 0.356 e. The molecule has 5 nitrogen and oxygen atoms in total. The summed E-state index contributed by atoms with van der Waals surface area (Å²) in [6.07, 6.45) is 4.81. The van der Waals surface area contributed by atoms with Crippen molar-refractivity contribution in [2.75, 3.05) is 31.1 Å². The van der Waals surface area contributed by atoms with Gasteiger partial charge in [0.1, 0.15) is 12.1 Å². The number of aryl methyl sites for hydroxylation is 1. The second kappa shape index (κ2) is 7.29. The quantitative estimate of drug-likeness (QED) is 0.837. The first-order valence-corrected chi connectivity index (χ1v) is 9.97. The highest BCUT2D eigenvalue weighted by Crippen LogP contribution is 2.45. The first kappa shape index (κ1) is 18.0. The van der Waals surface area contributed by atoms with Crippen molar-refractivity contribution in [3.05, 3.63) is 54.0 Å². The highest BCUT2D eigenvalue weighted by molar-refractivity contribution is 5.84. The fourth-order valence-electron chi connectivity index (χ4n) is 4.69. The van der Waals surface area contributed by atoms with E-state index in [9.17, 15) is 4.79 Å². The number of rotatable bonds is 3. The Balaban J connectivity index is 1.53. The zero-order chi connectivity index (χ0) is 18.9. The van der Waals surface area contributed by atoms with Gasteiger partial charge in [0.25, 0.3) is 0 Å². The number of likely N-dealkylation sites (tertiary alicyclic amines) is 1. The Labute approximate surface area is 161 Å². The third-order valence-corrected chi connectivity index (χ3v) is 6.29. The van der Waals surface area contributed by atoms with Crippen LogP contribution in [-0.2, 0) is 4.79 Å². The summed E-state index contributed by atoms with van der Waals surface area (Å²) in [7, 11) is 0. The van der Waals surface area contributed by atoms with Crippen molar-refractivity contribution in [2.24, 2.45) is 5.41 Å². The number of likely N-dealkylation sites (N-methyl/N-ethyl adjacent to an activating group) is 1. The molecule has 1 aromatic heterocycles. The average Bonchev–Trinajstić information content (AvgIpc) is 2.71. The van der Waals surface area contributed by atoms with Crippen LogP contribution in [-0.4, -0.2) is 47.0 Å². The minimum Gasteiger partial charge on any atom is -0.356 e. The molecular weight excluding hydrogens is 336 g/mol. The van der Waals surface area contributed by atoms with Crippen molar-refractivity contribution in [2.45, 2.75) is 39.0 Å². The highest BCUT2D eigenvalue weighted by atomic mass is 16.2. The Kier molecular flexibility index (Phi) is 4.85. The molecule has 2 fully saturated rings. The molecule has 0 radical (unpaired) electrons. The molecule has 27 heavy (non-hydrogen) atoms. The first-order valence-electron chi connectivity index (χ1n) is 9.97. The van der Waals surface area contributed by atoms with Gasteiger partial charge in [-0.25, -0.2) is 9.97 Å². The monoisotopic (exact) mass is 364 g/mol. The second-order valence-electron chi connectivity index (χ2n) is 8.02. The molecule has 2 aromatic rings. The number of amides is 1. The summed E-state index contributed by atoms with van der Waals surface area (Å²) < 4.78 is 0. The predicted molar refractivity (Wildman–Crippen MR) is 107 cm³/mol. The van der Waals surface area contributed by atoms with Crippen LogP contribution in [0.2, 0.25) is 0 Å². The normalized spacial score (nSPS) is 22.3. The smallest absolute Gasteiger partial charge is 0.230 e. The maximum Gasteiger partial charge on any atom is 0.230 e. The summed E-state index contributed by atoms with van der Waals surface area (Å²) in [5, 5.41) is 0. The molecule has 1 amide bonds. The number of anilines is 1. The summed E-state index contributed by atoms with van der Waals surface area (Å²) in [5.74, 6) is 1.31. The van der Waals surface area contributed by atoms with E-state index in [1.54, 1.807) is 6.33 Å². The van der Waals surface area contributed by atoms with Gasteiger partial charge in [-0.2, -0.15) is 0 Å². The van der Waals surface area contributed by atoms with Crippen molar-refractivity contribution in [1.82, 2.24) is 14.9 Å². The lowest BCUT2D eigenvalue weighted by molar-refractivity contribution is -0.140. The zero-order valence-electron chi connectivity index (χ0n) is 16.3. The maximum absolute atomic E-state index is 13.0. The molecule has 1 atom stereocenters. The summed E-state index contributed by atoms with van der Waals surface area (Å²) in [6, 6.07) is 12.4. The lowest BCUT2D eigenvalue weighted by atomic mass is 9.67. The number of benzene rings is 1. The van der Waals surface area contributed by atoms with Crippen LogP contribution in [0.25, 0.3) is 0 Å². The second-order valence-corrected chi connectivity index (χ2v) is 8.02. The SMILES string of the molecule is CCN1CC2(CCN(c3cc(C)ncn3)CC2)CC(c2ccccc2)C1=O. The maximum atomic E-state index is 13.0. The fraction of sp³-hybridized carbons (Fsp3) is 0.500. The molecular formula is C22H28N4O. The summed E-state index contributed by atoms with van der Waals surface area (Å²) >= 11 is 0. The van der Waals surface area contributed by atoms with E-state index >= 15 is 0 Å². The lowest BCUT2D eigenvalue weighted by Gasteiger charge is -2.50. The van der Waals surface area contributed by atoms with Crippen LogP contribution >= 0.6 is 0 Å². The Hall–Kier alpha value is -2.43. The highest BCUT2D eigenvalue weighted by Gasteiger charge is 2.45. The van der Waals surface area contributed by atoms with Gasteiger partial charge in [-0.3, -0.25) is 4.79 Å². The number of piperidine rings is 2. The Morgan fingerprint density at radius 1 is 1.15 bits per heavy atom. The van der Waals surface area contributed by atoms with Crippen LogP contribution in [0, 0.1) is 12.3 Å². The number of carbonyl (C=O) groups excluding carboxylic acids is 1. The van der Waals surface area contributed by atoms with Gasteiger partial charge < -0.3 is 9.80 Å². The van der Waals surface area contributed by atoms with Crippen LogP contribution in [0.3, 0.4) is 0 Å². The van der Waals surface area contributed by atoms with Crippen LogP contribution in [0.5, 0.6) is 0 Å². The van der Waals surface area contributed by atoms with Gasteiger partial charge in [0.2, 0.25) is 5.91 Å². The molecule has 0 bridgehead atoms. The summed E-state index contributed by atoms with van der Waals surface area (Å²) in [6.45, 7) is 7.76. The molecule has 5 heteroatoms. The number of hydrogen-bond acceptors (Lipinski definition) is 4. The van der Waals surface area contributed by atoms with Crippen LogP contribution in [0.4, 0.5) is 5.82 Å². The van der Waals surface area contributed by atoms with E-state index in [0.29, 0.717) is 5.91 Å². The van der Waals surface area contributed by atoms with E-state index in [-0.39, 0.29) is 11.3 Å². The van der Waals surface area contributed by atoms with Crippen molar-refractivity contribution >= 4 is 11.7 Å². The van der Waals surface area contributed by atoms with Gasteiger partial charge in [-0.1, -0.05) is 30.3 Å². The average molecular weight is 364 g/mol. The van der Waals surface area contributed by atoms with Crippen molar-refractivity contribution in [1.29, 1.82) is 0 Å². The van der Waals surface area contributed by atoms with E-state index in [1.807, 2.05) is 25.1 Å². The Morgan fingerprint density at radius 3 is 2.56 bits per heavy atom. The first-order chi connectivity index (χ1) is 13.1. The number of carbonyl (C=O) groups is 1.